The molecule has 0 aromatic carbocycles. The van der Waals surface area contributed by atoms with Gasteiger partial charge in [0.1, 0.15) is 17.8 Å². The fourth-order valence-electron chi connectivity index (χ4n) is 6.10. The van der Waals surface area contributed by atoms with Crippen LogP contribution in [0.15, 0.2) is 65.8 Å². The van der Waals surface area contributed by atoms with Gasteiger partial charge in [0.2, 0.25) is 5.95 Å². The maximum atomic E-state index is 14.3. The number of pyridine rings is 2. The average molecular weight is 563 g/mol. The van der Waals surface area contributed by atoms with Crippen molar-refractivity contribution in [1.29, 1.82) is 0 Å². The lowest BCUT2D eigenvalue weighted by molar-refractivity contribution is 0.0752. The molecule has 0 aliphatic heterocycles. The number of carbonyl (C=O) groups is 1. The Morgan fingerprint density at radius 2 is 2.02 bits per heavy atom. The van der Waals surface area contributed by atoms with Crippen LogP contribution in [0.5, 0.6) is 0 Å². The van der Waals surface area contributed by atoms with Crippen molar-refractivity contribution in [2.24, 2.45) is 18.4 Å². The van der Waals surface area contributed by atoms with Crippen LogP contribution in [0.1, 0.15) is 48.1 Å². The van der Waals surface area contributed by atoms with Crippen molar-refractivity contribution < 1.29 is 17.8 Å². The lowest BCUT2D eigenvalue weighted by atomic mass is 9.59. The second-order valence-electron chi connectivity index (χ2n) is 10.7. The van der Waals surface area contributed by atoms with Crippen LogP contribution < -0.4 is 0 Å². The number of Topliss-reactive ketones (excluding diaryl/α,β-unsaturated/α-hetero) is 1. The van der Waals surface area contributed by atoms with Gasteiger partial charge in [0.05, 0.1) is 39.8 Å². The Labute approximate surface area is 230 Å². The molecule has 0 saturated heterocycles. The maximum absolute atomic E-state index is 14.3. The third-order valence-corrected chi connectivity index (χ3v) is 11.0. The number of allylic oxidation sites excluding steroid dienone is 1. The smallest absolute Gasteiger partial charge is 0.212 e. The van der Waals surface area contributed by atoms with Gasteiger partial charge in [0.25, 0.3) is 0 Å². The molecule has 2 aliphatic carbocycles. The first kappa shape index (κ1) is 26.2. The van der Waals surface area contributed by atoms with Crippen LogP contribution >= 0.6 is 0 Å². The SMILES string of the molecule is C=S(=O)(c1cnn(C)c1)C(C)[C@H]1CCC2=Cc3c(ncn3-c3ccc(F)nc3)C[C@]2(C(=O)c2cc(F)ccn2)C1. The number of carbonyl (C=O) groups excluding carboxylic acids is 1. The molecule has 1 fully saturated rings. The third kappa shape index (κ3) is 4.28. The molecule has 8 nitrogen and oxygen atoms in total. The number of aryl methyl sites for hydroxylation is 1. The molecule has 2 unspecified atom stereocenters. The Kier molecular flexibility index (Phi) is 6.29. The molecule has 0 N–H and O–H groups in total. The lowest BCUT2D eigenvalue weighted by Gasteiger charge is -2.45. The molecule has 0 radical (unpaired) electrons. The summed E-state index contributed by atoms with van der Waals surface area (Å²) in [5.41, 5.74) is 2.04. The van der Waals surface area contributed by atoms with Gasteiger partial charge in [-0.05, 0) is 55.3 Å². The van der Waals surface area contributed by atoms with Gasteiger partial charge in [-0.1, -0.05) is 12.5 Å². The summed E-state index contributed by atoms with van der Waals surface area (Å²) in [5.74, 6) is 2.61. The quantitative estimate of drug-likeness (QED) is 0.196. The molecular weight excluding hydrogens is 534 g/mol. The first-order valence-corrected chi connectivity index (χ1v) is 14.8. The van der Waals surface area contributed by atoms with E-state index in [9.17, 15) is 17.8 Å². The zero-order valence-electron chi connectivity index (χ0n) is 22.1. The highest BCUT2D eigenvalue weighted by Gasteiger charge is 2.51. The largest absolute Gasteiger partial charge is 0.298 e. The van der Waals surface area contributed by atoms with E-state index in [2.05, 4.69) is 25.9 Å². The average Bonchev–Trinajstić information content (AvgIpc) is 3.57. The Morgan fingerprint density at radius 1 is 1.20 bits per heavy atom. The molecule has 1 saturated carbocycles. The summed E-state index contributed by atoms with van der Waals surface area (Å²) < 4.78 is 45.1. The lowest BCUT2D eigenvalue weighted by Crippen LogP contribution is -2.45. The van der Waals surface area contributed by atoms with Crippen LogP contribution in [0.25, 0.3) is 11.8 Å². The van der Waals surface area contributed by atoms with Crippen molar-refractivity contribution in [1.82, 2.24) is 29.3 Å². The molecule has 4 aromatic rings. The van der Waals surface area contributed by atoms with Gasteiger partial charge < -0.3 is 0 Å². The molecule has 40 heavy (non-hydrogen) atoms. The molecule has 206 valence electrons. The van der Waals surface area contributed by atoms with Gasteiger partial charge >= 0.3 is 0 Å². The van der Waals surface area contributed by atoms with Gasteiger partial charge in [-0.25, -0.2) is 14.4 Å². The van der Waals surface area contributed by atoms with Crippen LogP contribution in [0.3, 0.4) is 0 Å². The van der Waals surface area contributed by atoms with Gasteiger partial charge in [0.15, 0.2) is 5.78 Å². The van der Waals surface area contributed by atoms with E-state index in [-0.39, 0.29) is 29.1 Å². The monoisotopic (exact) mass is 562 g/mol. The summed E-state index contributed by atoms with van der Waals surface area (Å²) in [6.07, 6.45) is 11.6. The Morgan fingerprint density at radius 3 is 2.73 bits per heavy atom. The summed E-state index contributed by atoms with van der Waals surface area (Å²) in [6, 6.07) is 5.28. The van der Waals surface area contributed by atoms with Crippen LogP contribution in [0, 0.1) is 23.1 Å². The summed E-state index contributed by atoms with van der Waals surface area (Å²) in [4.78, 5) is 27.5. The maximum Gasteiger partial charge on any atom is 0.212 e. The molecule has 0 bridgehead atoms. The van der Waals surface area contributed by atoms with E-state index in [0.29, 0.717) is 35.5 Å². The molecule has 4 aromatic heterocycles. The Hall–Kier alpha value is -3.99. The normalized spacial score (nSPS) is 22.5. The van der Waals surface area contributed by atoms with Crippen molar-refractivity contribution in [2.45, 2.75) is 42.8 Å². The molecule has 6 rings (SSSR count). The van der Waals surface area contributed by atoms with Crippen LogP contribution in [-0.4, -0.2) is 50.4 Å². The number of ketones is 1. The molecule has 4 heterocycles. The minimum Gasteiger partial charge on any atom is -0.298 e. The molecule has 11 heteroatoms. The number of aromatic nitrogens is 6. The topological polar surface area (TPSA) is 95.6 Å². The first-order valence-electron chi connectivity index (χ1n) is 13.0. The van der Waals surface area contributed by atoms with Crippen LogP contribution in [-0.2, 0) is 23.0 Å². The standard InChI is InChI=1S/C29H28F2N6O2S/c1-18(40(3,39)23-15-35-36(2)16-23)19-4-5-20-10-26-25(34-17-37(26)22-6-7-27(31)33-14-22)13-29(20,12-19)28(38)24-11-21(30)8-9-32-24/h6-11,14-19H,3-5,12-13H2,1-2H3/t18?,19-,29+,40?/m0/s1. The van der Waals surface area contributed by atoms with Gasteiger partial charge in [-0.3, -0.25) is 23.2 Å². The fraction of sp³-hybridized carbons (Fsp3) is 0.310. The Bertz CT molecular complexity index is 1760. The highest BCUT2D eigenvalue weighted by Crippen LogP contribution is 2.53. The number of rotatable bonds is 6. The molecule has 0 spiro atoms. The minimum atomic E-state index is -2.72. The number of hydrogen-bond acceptors (Lipinski definition) is 6. The van der Waals surface area contributed by atoms with E-state index in [1.54, 1.807) is 36.5 Å². The molecule has 4 atom stereocenters. The van der Waals surface area contributed by atoms with E-state index >= 15 is 0 Å². The number of halogens is 2. The summed E-state index contributed by atoms with van der Waals surface area (Å²) in [5, 5.41) is 3.84. The number of hydrogen-bond donors (Lipinski definition) is 0. The van der Waals surface area contributed by atoms with Crippen LogP contribution in [0.2, 0.25) is 0 Å². The van der Waals surface area contributed by atoms with Crippen molar-refractivity contribution >= 4 is 27.3 Å². The zero-order valence-corrected chi connectivity index (χ0v) is 22.9. The number of nitrogens with zero attached hydrogens (tertiary/aromatic N) is 6. The fourth-order valence-corrected chi connectivity index (χ4v) is 7.94. The van der Waals surface area contributed by atoms with E-state index in [4.69, 9.17) is 0 Å². The van der Waals surface area contributed by atoms with E-state index in [1.807, 2.05) is 17.6 Å². The summed E-state index contributed by atoms with van der Waals surface area (Å²) in [7, 11) is -0.957. The van der Waals surface area contributed by atoms with E-state index in [0.717, 1.165) is 11.3 Å². The predicted molar refractivity (Wildman–Crippen MR) is 147 cm³/mol. The summed E-state index contributed by atoms with van der Waals surface area (Å²) >= 11 is 0. The third-order valence-electron chi connectivity index (χ3n) is 8.40. The minimum absolute atomic E-state index is 0.0486. The highest BCUT2D eigenvalue weighted by molar-refractivity contribution is 8.00. The van der Waals surface area contributed by atoms with E-state index in [1.165, 1.54) is 30.6 Å². The highest BCUT2D eigenvalue weighted by atomic mass is 32.2. The van der Waals surface area contributed by atoms with Crippen molar-refractivity contribution in [3.8, 4) is 5.69 Å². The van der Waals surface area contributed by atoms with Crippen molar-refractivity contribution in [3.63, 3.8) is 0 Å². The molecule has 2 aliphatic rings. The molecular formula is C29H28F2N6O2S. The number of fused-ring (bicyclic) bond motifs is 2. The van der Waals surface area contributed by atoms with Crippen LogP contribution in [0.4, 0.5) is 8.78 Å². The second-order valence-corrected chi connectivity index (χ2v) is 13.4. The van der Waals surface area contributed by atoms with E-state index < -0.39 is 26.7 Å². The van der Waals surface area contributed by atoms with Gasteiger partial charge in [-0.15, -0.1) is 0 Å². The van der Waals surface area contributed by atoms with Crippen molar-refractivity contribution in [3.05, 3.63) is 89.8 Å². The zero-order chi connectivity index (χ0) is 28.2. The van der Waals surface area contributed by atoms with Gasteiger partial charge in [0, 0.05) is 46.7 Å². The molecule has 0 amide bonds. The Balaban J connectivity index is 1.43. The van der Waals surface area contributed by atoms with Gasteiger partial charge in [-0.2, -0.15) is 9.49 Å². The second kappa shape index (κ2) is 9.58. The predicted octanol–water partition coefficient (Wildman–Crippen LogP) is 4.45. The number of imidazole rings is 1. The summed E-state index contributed by atoms with van der Waals surface area (Å²) in [6.45, 7) is 1.92. The van der Waals surface area contributed by atoms with Crippen molar-refractivity contribution in [2.75, 3.05) is 0 Å². The first-order chi connectivity index (χ1) is 19.1.